The fourth-order valence-corrected chi connectivity index (χ4v) is 10.7. The largest absolute Gasteiger partial charge is 0.394 e. The molecule has 0 amide bonds. The van der Waals surface area contributed by atoms with Crippen molar-refractivity contribution in [3.63, 3.8) is 0 Å². The number of ether oxygens (including phenoxy) is 6. The van der Waals surface area contributed by atoms with E-state index in [2.05, 4.69) is 86.2 Å². The van der Waals surface area contributed by atoms with Crippen LogP contribution in [0.25, 0.3) is 0 Å². The lowest BCUT2D eigenvalue weighted by Gasteiger charge is -2.46. The zero-order valence-corrected chi connectivity index (χ0v) is 38.3. The Hall–Kier alpha value is -3.74. The van der Waals surface area contributed by atoms with Crippen molar-refractivity contribution in [1.82, 2.24) is 0 Å². The van der Waals surface area contributed by atoms with E-state index < -0.39 is 24.4 Å². The average Bonchev–Trinajstić information content (AvgIpc) is 3.89. The quantitative estimate of drug-likeness (QED) is 0.254. The van der Waals surface area contributed by atoms with Gasteiger partial charge in [0.05, 0.1) is 73.8 Å². The number of Topliss-reactive ketones (excluding diaryl/α,β-unsaturated/α-hetero) is 2. The van der Waals surface area contributed by atoms with Crippen LogP contribution in [0.2, 0.25) is 0 Å². The summed E-state index contributed by atoms with van der Waals surface area (Å²) in [6, 6.07) is 0. The third kappa shape index (κ3) is 12.8. The first-order valence-corrected chi connectivity index (χ1v) is 23.4. The van der Waals surface area contributed by atoms with Crippen LogP contribution in [0.4, 0.5) is 0 Å². The van der Waals surface area contributed by atoms with Gasteiger partial charge >= 0.3 is 0 Å². The molecule has 3 unspecified atom stereocenters. The Morgan fingerprint density at radius 3 is 1.95 bits per heavy atom. The summed E-state index contributed by atoms with van der Waals surface area (Å²) >= 11 is 0. The van der Waals surface area contributed by atoms with Gasteiger partial charge in [-0.1, -0.05) is 45.8 Å². The van der Waals surface area contributed by atoms with Crippen LogP contribution in [-0.2, 0) is 38.0 Å². The van der Waals surface area contributed by atoms with Gasteiger partial charge in [0.2, 0.25) is 0 Å². The average molecular weight is 881 g/mol. The van der Waals surface area contributed by atoms with Gasteiger partial charge in [-0.05, 0) is 135 Å². The molecule has 7 saturated heterocycles. The summed E-state index contributed by atoms with van der Waals surface area (Å²) in [4.78, 5) is 27.1. The summed E-state index contributed by atoms with van der Waals surface area (Å²) in [7, 11) is 0. The number of aliphatic hydroxyl groups excluding tert-OH is 3. The maximum absolute atomic E-state index is 13.8. The summed E-state index contributed by atoms with van der Waals surface area (Å²) in [6.07, 6.45) is 1.93. The smallest absolute Gasteiger partial charge is 0.135 e. The van der Waals surface area contributed by atoms with Crippen LogP contribution in [0.1, 0.15) is 118 Å². The van der Waals surface area contributed by atoms with Gasteiger partial charge in [0.25, 0.3) is 0 Å². The van der Waals surface area contributed by atoms with Crippen molar-refractivity contribution >= 4 is 11.6 Å². The molecule has 7 aliphatic rings. The Morgan fingerprint density at radius 2 is 1.27 bits per heavy atom. The highest BCUT2D eigenvalue weighted by Gasteiger charge is 2.56. The Bertz CT molecular complexity index is 1960. The van der Waals surface area contributed by atoms with Gasteiger partial charge in [-0.2, -0.15) is 0 Å². The van der Waals surface area contributed by atoms with Crippen molar-refractivity contribution in [3.05, 3.63) is 24.3 Å². The normalized spacial score (nSPS) is 40.0. The molecule has 11 nitrogen and oxygen atoms in total. The Kier molecular flexibility index (Phi) is 18.3. The highest BCUT2D eigenvalue weighted by Crippen LogP contribution is 2.45. The summed E-state index contributed by atoms with van der Waals surface area (Å²) in [5, 5.41) is 31.5. The monoisotopic (exact) mass is 880 g/mol. The second-order valence-electron chi connectivity index (χ2n) is 18.8. The molecule has 18 atom stereocenters. The van der Waals surface area contributed by atoms with E-state index in [4.69, 9.17) is 28.4 Å². The molecule has 0 aromatic heterocycles. The molecule has 7 aliphatic heterocycles. The molecule has 3 N–H and O–H groups in total. The fraction of sp³-hybridized carbons (Fsp3) is 0.698. The topological polar surface area (TPSA) is 150 Å². The second kappa shape index (κ2) is 23.6. The number of aliphatic hydroxyl groups is 3. The molecule has 64 heavy (non-hydrogen) atoms. The lowest BCUT2D eigenvalue weighted by molar-refractivity contribution is -0.256. The SMILES string of the molecule is C=C1C[C@@H]2CCC(=O)C[C@@H]3O[C@H]4[C@@H](O)[C@H]5OC(CC[C@@H]5O[C@H]4[C@H]3C)CC(=O)C[C@H]3C(C[C@H]4O[C@@H](CCC1O2)C[C@@H](C)C4=C)O[C@H](C[C@H](O)CO)[C@@H]3C.CC#CC#CC#CC#CC#CC. The van der Waals surface area contributed by atoms with E-state index in [9.17, 15) is 24.9 Å². The van der Waals surface area contributed by atoms with Crippen molar-refractivity contribution < 1.29 is 53.3 Å². The van der Waals surface area contributed by atoms with Crippen molar-refractivity contribution in [2.75, 3.05) is 6.61 Å². The molecule has 0 aromatic carbocycles. The minimum Gasteiger partial charge on any atom is -0.394 e. The number of carbonyl (C=O) groups excluding carboxylic acids is 2. The summed E-state index contributed by atoms with van der Waals surface area (Å²) < 4.78 is 39.1. The fourth-order valence-electron chi connectivity index (χ4n) is 10.7. The molecule has 0 spiro atoms. The second-order valence-corrected chi connectivity index (χ2v) is 18.8. The molecule has 11 heteroatoms. The van der Waals surface area contributed by atoms with E-state index in [0.717, 1.165) is 36.8 Å². The molecule has 0 aromatic rings. The molecule has 7 heterocycles. The summed E-state index contributed by atoms with van der Waals surface area (Å²) in [6.45, 7) is 18.2. The van der Waals surface area contributed by atoms with Crippen LogP contribution in [0.5, 0.6) is 0 Å². The Labute approximate surface area is 381 Å². The first-order chi connectivity index (χ1) is 30.8. The van der Waals surface area contributed by atoms with Crippen molar-refractivity contribution in [1.29, 1.82) is 0 Å². The molecule has 0 saturated carbocycles. The van der Waals surface area contributed by atoms with Gasteiger partial charge in [-0.3, -0.25) is 9.59 Å². The van der Waals surface area contributed by atoms with Crippen LogP contribution in [0, 0.1) is 82.9 Å². The van der Waals surface area contributed by atoms with Crippen LogP contribution < -0.4 is 0 Å². The van der Waals surface area contributed by atoms with Gasteiger partial charge in [0.1, 0.15) is 29.9 Å². The molecule has 346 valence electrons. The standard InChI is InChI=1S/C41H62O11.C12H6/c1-20-12-29-8-10-32-21(2)13-28(47-32)7-6-25(43)16-35-24(5)39-41(52-35)38(46)40-33(51-39)11-9-30(49-40)14-26(44)15-31-23(4)34(17-27(45)19-42)50-37(31)18-36(48-29)22(20)3;1-3-5-7-9-11-12-10-8-6-4-2/h20,23-24,27-42,45-46H,2-3,6-19H2,1,4-5H3;1-2H3/t20-,23-,24+,27+,28+,29+,30?,31-,32?,33+,34-,35+,36-,37?,38+,39+,40+,41+;/m1./s1. The number of carbonyl (C=O) groups is 2. The molecular formula is C53H68O11. The third-order valence-electron chi connectivity index (χ3n) is 14.4. The van der Waals surface area contributed by atoms with E-state index in [0.29, 0.717) is 44.9 Å². The van der Waals surface area contributed by atoms with Crippen molar-refractivity contribution in [2.24, 2.45) is 23.7 Å². The number of rotatable bonds is 3. The molecular weight excluding hydrogens is 813 g/mol. The number of fused-ring (bicyclic) bond motifs is 7. The predicted octanol–water partition coefficient (Wildman–Crippen LogP) is 5.21. The minimum absolute atomic E-state index is 0.0158. The van der Waals surface area contributed by atoms with Gasteiger partial charge in [-0.15, -0.1) is 0 Å². The van der Waals surface area contributed by atoms with E-state index >= 15 is 0 Å². The molecule has 7 fully saturated rings. The van der Waals surface area contributed by atoms with Gasteiger partial charge in [0, 0.05) is 44.4 Å². The van der Waals surface area contributed by atoms with Crippen LogP contribution in [-0.4, -0.2) is 119 Å². The molecule has 0 radical (unpaired) electrons. The lowest BCUT2D eigenvalue weighted by Crippen LogP contribution is -2.60. The summed E-state index contributed by atoms with van der Waals surface area (Å²) in [5.41, 5.74) is 2.10. The lowest BCUT2D eigenvalue weighted by atomic mass is 9.78. The first kappa shape index (κ1) is 49.7. The van der Waals surface area contributed by atoms with E-state index in [1.54, 1.807) is 13.8 Å². The van der Waals surface area contributed by atoms with Crippen molar-refractivity contribution in [3.8, 4) is 59.2 Å². The number of hydrogen-bond acceptors (Lipinski definition) is 11. The first-order valence-electron chi connectivity index (χ1n) is 23.4. The van der Waals surface area contributed by atoms with E-state index in [-0.39, 0.29) is 116 Å². The Morgan fingerprint density at radius 1 is 0.625 bits per heavy atom. The van der Waals surface area contributed by atoms with Gasteiger partial charge in [-0.25, -0.2) is 0 Å². The molecule has 8 bridgehead atoms. The highest BCUT2D eigenvalue weighted by atomic mass is 16.6. The summed E-state index contributed by atoms with van der Waals surface area (Å²) in [5.74, 6) is 25.8. The van der Waals surface area contributed by atoms with E-state index in [1.807, 2.05) is 6.92 Å². The minimum atomic E-state index is -0.922. The van der Waals surface area contributed by atoms with Gasteiger partial charge in [0.15, 0.2) is 0 Å². The third-order valence-corrected chi connectivity index (χ3v) is 14.4. The maximum atomic E-state index is 13.8. The molecule has 7 rings (SSSR count). The van der Waals surface area contributed by atoms with Gasteiger partial charge < -0.3 is 43.7 Å². The van der Waals surface area contributed by atoms with Crippen LogP contribution in [0.15, 0.2) is 24.3 Å². The van der Waals surface area contributed by atoms with Crippen LogP contribution >= 0.6 is 0 Å². The number of ketones is 2. The Balaban J connectivity index is 0.000000497. The number of hydrogen-bond donors (Lipinski definition) is 3. The highest BCUT2D eigenvalue weighted by molar-refractivity contribution is 5.79. The van der Waals surface area contributed by atoms with Crippen molar-refractivity contribution in [2.45, 2.75) is 204 Å². The van der Waals surface area contributed by atoms with E-state index in [1.165, 1.54) is 0 Å². The molecule has 0 aliphatic carbocycles. The zero-order chi connectivity index (χ0) is 45.9. The maximum Gasteiger partial charge on any atom is 0.135 e. The zero-order valence-electron chi connectivity index (χ0n) is 38.3. The predicted molar refractivity (Wildman–Crippen MR) is 241 cm³/mol. The van der Waals surface area contributed by atoms with Crippen LogP contribution in [0.3, 0.4) is 0 Å².